The first-order valence-corrected chi connectivity index (χ1v) is 6.02. The molecule has 0 fully saturated rings. The lowest BCUT2D eigenvalue weighted by Crippen LogP contribution is -2.12. The molecule has 0 aromatic carbocycles. The van der Waals surface area contributed by atoms with Crippen molar-refractivity contribution in [3.63, 3.8) is 0 Å². The standard InChI is InChI=1S/C11H9ClN4S/c1-16(2)10-5-7(6-13)14-11(15-10)8-3-4-9(12)17-8/h3-5H,1-2H3. The first-order chi connectivity index (χ1) is 8.10. The van der Waals surface area contributed by atoms with Gasteiger partial charge in [-0.2, -0.15) is 5.26 Å². The van der Waals surface area contributed by atoms with Gasteiger partial charge in [-0.3, -0.25) is 0 Å². The lowest BCUT2D eigenvalue weighted by atomic mass is 10.3. The number of nitriles is 1. The van der Waals surface area contributed by atoms with Gasteiger partial charge in [0.25, 0.3) is 0 Å². The van der Waals surface area contributed by atoms with E-state index in [1.54, 1.807) is 12.1 Å². The minimum absolute atomic E-state index is 0.350. The highest BCUT2D eigenvalue weighted by molar-refractivity contribution is 7.19. The van der Waals surface area contributed by atoms with Crippen molar-refractivity contribution in [3.05, 3.63) is 28.2 Å². The van der Waals surface area contributed by atoms with E-state index in [2.05, 4.69) is 9.97 Å². The summed E-state index contributed by atoms with van der Waals surface area (Å²) in [6.07, 6.45) is 0. The number of hydrogen-bond acceptors (Lipinski definition) is 5. The van der Waals surface area contributed by atoms with Gasteiger partial charge in [-0.25, -0.2) is 9.97 Å². The molecule has 0 aliphatic rings. The SMILES string of the molecule is CN(C)c1cc(C#N)nc(-c2ccc(Cl)s2)n1. The van der Waals surface area contributed by atoms with Crippen molar-refractivity contribution in [2.75, 3.05) is 19.0 Å². The normalized spacial score (nSPS) is 10.0. The monoisotopic (exact) mass is 264 g/mol. The third-order valence-electron chi connectivity index (χ3n) is 2.08. The molecule has 0 radical (unpaired) electrons. The Morgan fingerprint density at radius 2 is 2.12 bits per heavy atom. The molecule has 2 aromatic rings. The maximum atomic E-state index is 8.94. The summed E-state index contributed by atoms with van der Waals surface area (Å²) in [4.78, 5) is 11.2. The van der Waals surface area contributed by atoms with Crippen LogP contribution in [0.5, 0.6) is 0 Å². The highest BCUT2D eigenvalue weighted by atomic mass is 35.5. The highest BCUT2D eigenvalue weighted by Crippen LogP contribution is 2.29. The molecule has 0 aliphatic carbocycles. The van der Waals surface area contributed by atoms with Gasteiger partial charge >= 0.3 is 0 Å². The number of halogens is 1. The second-order valence-corrected chi connectivity index (χ2v) is 5.26. The van der Waals surface area contributed by atoms with Gasteiger partial charge < -0.3 is 4.90 Å². The molecule has 2 heterocycles. The number of hydrogen-bond donors (Lipinski definition) is 0. The van der Waals surface area contributed by atoms with Crippen LogP contribution in [-0.4, -0.2) is 24.1 Å². The topological polar surface area (TPSA) is 52.8 Å². The molecule has 86 valence electrons. The van der Waals surface area contributed by atoms with E-state index in [1.807, 2.05) is 31.1 Å². The molecule has 0 bridgehead atoms. The van der Waals surface area contributed by atoms with Gasteiger partial charge in [-0.15, -0.1) is 11.3 Å². The summed E-state index contributed by atoms with van der Waals surface area (Å²) in [5.41, 5.74) is 0.350. The first kappa shape index (κ1) is 11.8. The van der Waals surface area contributed by atoms with Crippen molar-refractivity contribution in [3.8, 4) is 16.8 Å². The predicted octanol–water partition coefficient (Wildman–Crippen LogP) is 2.80. The van der Waals surface area contributed by atoms with E-state index in [0.29, 0.717) is 21.7 Å². The van der Waals surface area contributed by atoms with Crippen LogP contribution in [0.15, 0.2) is 18.2 Å². The van der Waals surface area contributed by atoms with E-state index in [-0.39, 0.29) is 0 Å². The third-order valence-corrected chi connectivity index (χ3v) is 3.31. The van der Waals surface area contributed by atoms with Crippen molar-refractivity contribution in [2.24, 2.45) is 0 Å². The van der Waals surface area contributed by atoms with Crippen LogP contribution in [0, 0.1) is 11.3 Å². The summed E-state index contributed by atoms with van der Waals surface area (Å²) in [6, 6.07) is 7.33. The number of aromatic nitrogens is 2. The Morgan fingerprint density at radius 1 is 1.35 bits per heavy atom. The molecule has 17 heavy (non-hydrogen) atoms. The lowest BCUT2D eigenvalue weighted by molar-refractivity contribution is 1.04. The van der Waals surface area contributed by atoms with Crippen molar-refractivity contribution in [1.29, 1.82) is 5.26 Å². The van der Waals surface area contributed by atoms with Crippen LogP contribution in [0.1, 0.15) is 5.69 Å². The second-order valence-electron chi connectivity index (χ2n) is 3.54. The van der Waals surface area contributed by atoms with Gasteiger partial charge in [0.05, 0.1) is 9.21 Å². The number of rotatable bonds is 2. The van der Waals surface area contributed by atoms with E-state index in [1.165, 1.54) is 11.3 Å². The first-order valence-electron chi connectivity index (χ1n) is 4.82. The summed E-state index contributed by atoms with van der Waals surface area (Å²) < 4.78 is 0.678. The molecule has 0 spiro atoms. The fraction of sp³-hybridized carbons (Fsp3) is 0.182. The molecule has 4 nitrogen and oxygen atoms in total. The summed E-state index contributed by atoms with van der Waals surface area (Å²) >= 11 is 7.27. The van der Waals surface area contributed by atoms with Crippen LogP contribution in [0.3, 0.4) is 0 Å². The van der Waals surface area contributed by atoms with Crippen LogP contribution in [-0.2, 0) is 0 Å². The number of anilines is 1. The average Bonchev–Trinajstić information content (AvgIpc) is 2.75. The molecular formula is C11H9ClN4S. The van der Waals surface area contributed by atoms with Crippen molar-refractivity contribution >= 4 is 28.8 Å². The Morgan fingerprint density at radius 3 is 2.65 bits per heavy atom. The molecule has 0 aliphatic heterocycles. The molecule has 2 aromatic heterocycles. The Hall–Kier alpha value is -1.64. The molecule has 0 N–H and O–H groups in total. The fourth-order valence-corrected chi connectivity index (χ4v) is 2.24. The Bertz CT molecular complexity index is 585. The zero-order valence-corrected chi connectivity index (χ0v) is 10.9. The van der Waals surface area contributed by atoms with Gasteiger partial charge in [0.15, 0.2) is 5.82 Å². The average molecular weight is 265 g/mol. The van der Waals surface area contributed by atoms with E-state index in [9.17, 15) is 0 Å². The molecule has 0 atom stereocenters. The summed E-state index contributed by atoms with van der Waals surface area (Å²) in [6.45, 7) is 0. The summed E-state index contributed by atoms with van der Waals surface area (Å²) in [7, 11) is 3.74. The van der Waals surface area contributed by atoms with Gasteiger partial charge in [-0.05, 0) is 12.1 Å². The van der Waals surface area contributed by atoms with Gasteiger partial charge in [0, 0.05) is 20.2 Å². The lowest BCUT2D eigenvalue weighted by Gasteiger charge is -2.11. The maximum absolute atomic E-state index is 8.94. The molecular weight excluding hydrogens is 256 g/mol. The van der Waals surface area contributed by atoms with Crippen molar-refractivity contribution < 1.29 is 0 Å². The van der Waals surface area contributed by atoms with Crippen LogP contribution < -0.4 is 4.90 Å². The van der Waals surface area contributed by atoms with Gasteiger partial charge in [0.1, 0.15) is 17.6 Å². The summed E-state index contributed by atoms with van der Waals surface area (Å²) in [5.74, 6) is 1.24. The number of thiophene rings is 1. The summed E-state index contributed by atoms with van der Waals surface area (Å²) in [5, 5.41) is 8.94. The third kappa shape index (κ3) is 2.54. The largest absolute Gasteiger partial charge is 0.363 e. The van der Waals surface area contributed by atoms with Crippen LogP contribution in [0.25, 0.3) is 10.7 Å². The molecule has 0 amide bonds. The Balaban J connectivity index is 2.54. The Kier molecular flexibility index (Phi) is 3.27. The smallest absolute Gasteiger partial charge is 0.172 e. The minimum Gasteiger partial charge on any atom is -0.363 e. The van der Waals surface area contributed by atoms with Crippen molar-refractivity contribution in [1.82, 2.24) is 9.97 Å². The molecule has 0 saturated heterocycles. The van der Waals surface area contributed by atoms with E-state index < -0.39 is 0 Å². The van der Waals surface area contributed by atoms with E-state index in [4.69, 9.17) is 16.9 Å². The molecule has 0 unspecified atom stereocenters. The zero-order chi connectivity index (χ0) is 12.4. The predicted molar refractivity (Wildman–Crippen MR) is 69.4 cm³/mol. The van der Waals surface area contributed by atoms with Crippen LogP contribution in [0.4, 0.5) is 5.82 Å². The van der Waals surface area contributed by atoms with Gasteiger partial charge in [-0.1, -0.05) is 11.6 Å². The molecule has 6 heteroatoms. The minimum atomic E-state index is 0.350. The number of nitrogens with zero attached hydrogens (tertiary/aromatic N) is 4. The fourth-order valence-electron chi connectivity index (χ4n) is 1.27. The van der Waals surface area contributed by atoms with Gasteiger partial charge in [0.2, 0.25) is 0 Å². The maximum Gasteiger partial charge on any atom is 0.172 e. The molecule has 2 rings (SSSR count). The van der Waals surface area contributed by atoms with Crippen molar-refractivity contribution in [2.45, 2.75) is 0 Å². The molecule has 0 saturated carbocycles. The quantitative estimate of drug-likeness (QED) is 0.837. The Labute approximate surface area is 108 Å². The van der Waals surface area contributed by atoms with E-state index >= 15 is 0 Å². The highest BCUT2D eigenvalue weighted by Gasteiger charge is 2.09. The second kappa shape index (κ2) is 4.70. The van der Waals surface area contributed by atoms with Crippen LogP contribution in [0.2, 0.25) is 4.34 Å². The zero-order valence-electron chi connectivity index (χ0n) is 9.31. The van der Waals surface area contributed by atoms with Crippen LogP contribution >= 0.6 is 22.9 Å². The van der Waals surface area contributed by atoms with E-state index in [0.717, 1.165) is 4.88 Å².